The van der Waals surface area contributed by atoms with Crippen LogP contribution in [0.2, 0.25) is 0 Å². The molecule has 1 fully saturated rings. The summed E-state index contributed by atoms with van der Waals surface area (Å²) in [4.78, 5) is 44.4. The third-order valence-corrected chi connectivity index (χ3v) is 8.55. The van der Waals surface area contributed by atoms with E-state index < -0.39 is 17.2 Å². The Morgan fingerprint density at radius 1 is 1.05 bits per heavy atom. The van der Waals surface area contributed by atoms with Gasteiger partial charge in [-0.2, -0.15) is 0 Å². The van der Waals surface area contributed by atoms with Crippen LogP contribution in [0.1, 0.15) is 29.6 Å². The first kappa shape index (κ1) is 27.3. The van der Waals surface area contributed by atoms with Crippen molar-refractivity contribution in [2.75, 3.05) is 45.6 Å². The van der Waals surface area contributed by atoms with E-state index in [0.717, 1.165) is 30.2 Å². The number of nitrogens with two attached hydrogens (primary N) is 1. The molecule has 0 spiro atoms. The number of fused-ring (bicyclic) bond motifs is 5. The van der Waals surface area contributed by atoms with Gasteiger partial charge in [-0.3, -0.25) is 14.4 Å². The highest BCUT2D eigenvalue weighted by atomic mass is 19.1. The van der Waals surface area contributed by atoms with Gasteiger partial charge in [-0.1, -0.05) is 24.3 Å². The molecule has 2 aromatic heterocycles. The first-order valence-electron chi connectivity index (χ1n) is 14.6. The molecule has 43 heavy (non-hydrogen) atoms. The van der Waals surface area contributed by atoms with E-state index in [1.165, 1.54) is 12.3 Å². The molecular formula is C33H32FN5O4. The highest BCUT2D eigenvalue weighted by molar-refractivity contribution is 6.15. The molecule has 1 unspecified atom stereocenters. The second-order valence-electron chi connectivity index (χ2n) is 11.8. The standard InChI is InChI=1S/C33H32FN5O4/c1-37(2)11-6-5-10-36-28-25(34)13-23-29-32(28)43-27-15-22-21(19-7-3-4-8-20(19)30(22)40)14-26(27)39(29)17-24(31(23)41)33(42)38-12-9-18(35)16-38/h3-4,7-8,13-15,17-18,36H,5-6,9-12,16,35H2,1-2H3. The van der Waals surface area contributed by atoms with Crippen molar-refractivity contribution in [1.82, 2.24) is 14.2 Å². The first-order chi connectivity index (χ1) is 20.7. The zero-order chi connectivity index (χ0) is 30.0. The fourth-order valence-electron chi connectivity index (χ4n) is 6.36. The maximum absolute atomic E-state index is 15.8. The van der Waals surface area contributed by atoms with E-state index in [2.05, 4.69) is 10.2 Å². The summed E-state index contributed by atoms with van der Waals surface area (Å²) in [5.41, 5.74) is 6.83. The molecule has 1 saturated heterocycles. The van der Waals surface area contributed by atoms with Crippen LogP contribution in [0.5, 0.6) is 0 Å². The van der Waals surface area contributed by atoms with E-state index in [1.807, 2.05) is 38.4 Å². The van der Waals surface area contributed by atoms with Crippen LogP contribution in [0.25, 0.3) is 49.1 Å². The average molecular weight is 582 g/mol. The van der Waals surface area contributed by atoms with Crippen LogP contribution in [0.3, 0.4) is 0 Å². The van der Waals surface area contributed by atoms with Gasteiger partial charge < -0.3 is 29.7 Å². The van der Waals surface area contributed by atoms with Crippen molar-refractivity contribution in [2.45, 2.75) is 25.3 Å². The molecule has 6 aromatic rings. The monoisotopic (exact) mass is 581 g/mol. The lowest BCUT2D eigenvalue weighted by Gasteiger charge is -2.19. The Morgan fingerprint density at radius 2 is 1.84 bits per heavy atom. The molecule has 0 bridgehead atoms. The summed E-state index contributed by atoms with van der Waals surface area (Å²) in [6.45, 7) is 2.18. The number of likely N-dealkylation sites (tertiary alicyclic amines) is 1. The zero-order valence-electron chi connectivity index (χ0n) is 24.1. The molecule has 0 aliphatic carbocycles. The summed E-state index contributed by atoms with van der Waals surface area (Å²) in [5, 5.41) is 5.84. The summed E-state index contributed by atoms with van der Waals surface area (Å²) in [7, 11) is 4.00. The maximum Gasteiger partial charge on any atom is 0.259 e. The number of anilines is 1. The Bertz CT molecular complexity index is 2190. The lowest BCUT2D eigenvalue weighted by atomic mass is 10.1. The van der Waals surface area contributed by atoms with Crippen molar-refractivity contribution in [3.63, 3.8) is 0 Å². The van der Waals surface area contributed by atoms with Gasteiger partial charge in [-0.15, -0.1) is 0 Å². The highest BCUT2D eigenvalue weighted by Crippen LogP contribution is 2.36. The van der Waals surface area contributed by atoms with Gasteiger partial charge in [0.05, 0.1) is 10.9 Å². The van der Waals surface area contributed by atoms with Crippen LogP contribution in [-0.2, 0) is 0 Å². The second-order valence-corrected chi connectivity index (χ2v) is 11.8. The number of aromatic nitrogens is 1. The molecule has 0 radical (unpaired) electrons. The molecule has 1 aliphatic heterocycles. The molecule has 7 rings (SSSR count). The van der Waals surface area contributed by atoms with Crippen LogP contribution in [0.15, 0.2) is 62.7 Å². The fraction of sp³-hybridized carbons (Fsp3) is 0.303. The van der Waals surface area contributed by atoms with Gasteiger partial charge in [0, 0.05) is 42.6 Å². The van der Waals surface area contributed by atoms with Crippen LogP contribution in [0, 0.1) is 5.82 Å². The van der Waals surface area contributed by atoms with Crippen molar-refractivity contribution in [2.24, 2.45) is 5.73 Å². The smallest absolute Gasteiger partial charge is 0.259 e. The summed E-state index contributed by atoms with van der Waals surface area (Å²) >= 11 is 0. The molecule has 3 heterocycles. The van der Waals surface area contributed by atoms with Crippen LogP contribution >= 0.6 is 0 Å². The number of unbranched alkanes of at least 4 members (excludes halogenated alkanes) is 1. The summed E-state index contributed by atoms with van der Waals surface area (Å²) < 4.78 is 23.9. The summed E-state index contributed by atoms with van der Waals surface area (Å²) in [6, 6.07) is 11.9. The number of carbonyl (C=O) groups is 1. The van der Waals surface area contributed by atoms with Crippen molar-refractivity contribution < 1.29 is 13.6 Å². The second kappa shape index (κ2) is 10.3. The normalized spacial score (nSPS) is 15.7. The molecule has 4 aromatic carbocycles. The van der Waals surface area contributed by atoms with Crippen molar-refractivity contribution >= 4 is 60.7 Å². The van der Waals surface area contributed by atoms with Crippen molar-refractivity contribution in [3.05, 3.63) is 80.5 Å². The number of benzene rings is 3. The van der Waals surface area contributed by atoms with Crippen molar-refractivity contribution in [1.29, 1.82) is 0 Å². The van der Waals surface area contributed by atoms with Gasteiger partial charge in [0.1, 0.15) is 16.8 Å². The van der Waals surface area contributed by atoms with Gasteiger partial charge in [0.2, 0.25) is 5.43 Å². The molecular weight excluding hydrogens is 549 g/mol. The molecule has 1 aliphatic rings. The zero-order valence-corrected chi connectivity index (χ0v) is 24.1. The van der Waals surface area contributed by atoms with Crippen LogP contribution in [-0.4, -0.2) is 66.4 Å². The summed E-state index contributed by atoms with van der Waals surface area (Å²) in [6.07, 6.45) is 3.88. The number of carbonyl (C=O) groups excluding carboxylic acids is 1. The molecule has 9 nitrogen and oxygen atoms in total. The lowest BCUT2D eigenvalue weighted by molar-refractivity contribution is 0.0789. The van der Waals surface area contributed by atoms with Gasteiger partial charge in [0.15, 0.2) is 22.4 Å². The molecule has 10 heteroatoms. The van der Waals surface area contributed by atoms with E-state index in [4.69, 9.17) is 10.2 Å². The SMILES string of the molecule is CN(C)CCCCNc1c(F)cc2c(=O)c(C(=O)N3CCC(N)C3)cn3c4cc5c(cc4oc1c23)c(=O)c1ccccc15. The molecule has 3 N–H and O–H groups in total. The maximum atomic E-state index is 15.8. The number of hydrogen-bond acceptors (Lipinski definition) is 7. The number of amides is 1. The predicted octanol–water partition coefficient (Wildman–Crippen LogP) is 4.37. The Labute approximate surface area is 245 Å². The van der Waals surface area contributed by atoms with E-state index in [9.17, 15) is 14.4 Å². The highest BCUT2D eigenvalue weighted by Gasteiger charge is 2.29. The number of nitrogens with zero attached hydrogens (tertiary/aromatic N) is 3. The molecule has 220 valence electrons. The Hall–Kier alpha value is -4.54. The number of rotatable bonds is 7. The van der Waals surface area contributed by atoms with Gasteiger partial charge in [-0.05, 0) is 68.9 Å². The Kier molecular flexibility index (Phi) is 6.55. The number of halogens is 1. The van der Waals surface area contributed by atoms with Crippen LogP contribution in [0.4, 0.5) is 10.1 Å². The largest absolute Gasteiger partial charge is 0.451 e. The van der Waals surface area contributed by atoms with E-state index in [1.54, 1.807) is 21.4 Å². The third-order valence-electron chi connectivity index (χ3n) is 8.55. The van der Waals surface area contributed by atoms with Gasteiger partial charge >= 0.3 is 0 Å². The van der Waals surface area contributed by atoms with E-state index in [-0.39, 0.29) is 33.7 Å². The Balaban J connectivity index is 1.51. The summed E-state index contributed by atoms with van der Waals surface area (Å²) in [5.74, 6) is -1.09. The average Bonchev–Trinajstić information content (AvgIpc) is 3.54. The quantitative estimate of drug-likeness (QED) is 0.164. The first-order valence-corrected chi connectivity index (χ1v) is 14.6. The van der Waals surface area contributed by atoms with E-state index >= 15 is 4.39 Å². The number of pyridine rings is 1. The number of nitrogens with one attached hydrogen (secondary N) is 1. The minimum Gasteiger partial charge on any atom is -0.451 e. The van der Waals surface area contributed by atoms with Crippen molar-refractivity contribution in [3.8, 4) is 0 Å². The molecule has 1 atom stereocenters. The van der Waals surface area contributed by atoms with Gasteiger partial charge in [-0.25, -0.2) is 4.39 Å². The fourth-order valence-corrected chi connectivity index (χ4v) is 6.36. The minimum atomic E-state index is -0.653. The minimum absolute atomic E-state index is 0.0441. The topological polar surface area (TPSA) is 113 Å². The molecule has 0 saturated carbocycles. The lowest BCUT2D eigenvalue weighted by Crippen LogP contribution is -2.35. The molecule has 1 amide bonds. The predicted molar refractivity (Wildman–Crippen MR) is 168 cm³/mol. The van der Waals surface area contributed by atoms with Crippen LogP contribution < -0.4 is 21.9 Å². The Morgan fingerprint density at radius 3 is 2.58 bits per heavy atom. The number of hydrogen-bond donors (Lipinski definition) is 2. The van der Waals surface area contributed by atoms with Gasteiger partial charge in [0.25, 0.3) is 5.91 Å². The van der Waals surface area contributed by atoms with E-state index in [0.29, 0.717) is 53.4 Å². The third kappa shape index (κ3) is 4.40.